The van der Waals surface area contributed by atoms with Gasteiger partial charge in [0.2, 0.25) is 17.8 Å². The highest BCUT2D eigenvalue weighted by atomic mass is 19.4. The molecule has 0 aliphatic carbocycles. The fraction of sp³-hybridized carbons (Fsp3) is 0.727. The second kappa shape index (κ2) is 5.68. The highest BCUT2D eigenvalue weighted by Crippen LogP contribution is 2.23. The standard InChI is InChI=1S/C11H17F3N6/c1-7(6-11(12,13)14)16-9-17-8(15)18-10(19-9)20-4-2-3-5-20/h7H,2-6H2,1H3,(H3,15,16,17,18,19). The molecule has 0 bridgehead atoms. The highest BCUT2D eigenvalue weighted by molar-refractivity contribution is 5.42. The third-order valence-electron chi connectivity index (χ3n) is 2.94. The van der Waals surface area contributed by atoms with Crippen molar-refractivity contribution in [1.29, 1.82) is 0 Å². The second-order valence-corrected chi connectivity index (χ2v) is 4.88. The van der Waals surface area contributed by atoms with Gasteiger partial charge in [-0.2, -0.15) is 28.1 Å². The molecule has 1 aromatic rings. The maximum absolute atomic E-state index is 12.3. The maximum atomic E-state index is 12.3. The number of rotatable bonds is 4. The van der Waals surface area contributed by atoms with Crippen molar-refractivity contribution in [1.82, 2.24) is 15.0 Å². The van der Waals surface area contributed by atoms with E-state index in [0.29, 0.717) is 5.95 Å². The van der Waals surface area contributed by atoms with Crippen molar-refractivity contribution in [2.45, 2.75) is 38.4 Å². The van der Waals surface area contributed by atoms with E-state index in [1.807, 2.05) is 4.90 Å². The van der Waals surface area contributed by atoms with Gasteiger partial charge < -0.3 is 16.0 Å². The second-order valence-electron chi connectivity index (χ2n) is 4.88. The van der Waals surface area contributed by atoms with Gasteiger partial charge in [-0.3, -0.25) is 0 Å². The lowest BCUT2D eigenvalue weighted by Gasteiger charge is -2.18. The van der Waals surface area contributed by atoms with Gasteiger partial charge in [-0.25, -0.2) is 0 Å². The van der Waals surface area contributed by atoms with Crippen LogP contribution in [0.3, 0.4) is 0 Å². The average Bonchev–Trinajstić information content (AvgIpc) is 2.78. The Kier molecular flexibility index (Phi) is 4.15. The number of hydrogen-bond donors (Lipinski definition) is 2. The van der Waals surface area contributed by atoms with E-state index < -0.39 is 18.6 Å². The first kappa shape index (κ1) is 14.6. The normalized spacial score (nSPS) is 17.3. The number of anilines is 3. The zero-order valence-corrected chi connectivity index (χ0v) is 11.1. The van der Waals surface area contributed by atoms with Gasteiger partial charge in [0.05, 0.1) is 6.42 Å². The van der Waals surface area contributed by atoms with Gasteiger partial charge >= 0.3 is 6.18 Å². The fourth-order valence-electron chi connectivity index (χ4n) is 2.12. The smallest absolute Gasteiger partial charge is 0.368 e. The molecule has 0 spiro atoms. The summed E-state index contributed by atoms with van der Waals surface area (Å²) in [4.78, 5) is 13.9. The molecule has 1 unspecified atom stereocenters. The lowest BCUT2D eigenvalue weighted by Crippen LogP contribution is -2.26. The number of aromatic nitrogens is 3. The quantitative estimate of drug-likeness (QED) is 0.880. The van der Waals surface area contributed by atoms with Crippen molar-refractivity contribution in [3.63, 3.8) is 0 Å². The van der Waals surface area contributed by atoms with Gasteiger partial charge in [0.15, 0.2) is 0 Å². The van der Waals surface area contributed by atoms with Gasteiger partial charge in [-0.1, -0.05) is 0 Å². The molecule has 1 aromatic heterocycles. The van der Waals surface area contributed by atoms with Gasteiger partial charge in [0, 0.05) is 19.1 Å². The number of alkyl halides is 3. The van der Waals surface area contributed by atoms with Gasteiger partial charge in [0.1, 0.15) is 0 Å². The molecule has 1 fully saturated rings. The third-order valence-corrected chi connectivity index (χ3v) is 2.94. The average molecular weight is 290 g/mol. The van der Waals surface area contributed by atoms with E-state index in [0.717, 1.165) is 25.9 Å². The Labute approximate surface area is 114 Å². The number of nitrogen functional groups attached to an aromatic ring is 1. The van der Waals surface area contributed by atoms with Crippen LogP contribution in [0, 0.1) is 0 Å². The molecule has 3 N–H and O–H groups in total. The first-order valence-corrected chi connectivity index (χ1v) is 6.43. The maximum Gasteiger partial charge on any atom is 0.391 e. The lowest BCUT2D eigenvalue weighted by molar-refractivity contribution is -0.136. The molecule has 0 radical (unpaired) electrons. The molecule has 1 saturated heterocycles. The SMILES string of the molecule is CC(CC(F)(F)F)Nc1nc(N)nc(N2CCCC2)n1. The molecule has 0 amide bonds. The van der Waals surface area contributed by atoms with Gasteiger partial charge in [-0.15, -0.1) is 0 Å². The zero-order valence-electron chi connectivity index (χ0n) is 11.1. The Morgan fingerprint density at radius 1 is 1.25 bits per heavy atom. The largest absolute Gasteiger partial charge is 0.391 e. The predicted molar refractivity (Wildman–Crippen MR) is 69.4 cm³/mol. The Balaban J connectivity index is 2.07. The highest BCUT2D eigenvalue weighted by Gasteiger charge is 2.30. The number of nitrogens with two attached hydrogens (primary N) is 1. The van der Waals surface area contributed by atoms with Gasteiger partial charge in [-0.05, 0) is 19.8 Å². The summed E-state index contributed by atoms with van der Waals surface area (Å²) in [6.45, 7) is 3.06. The number of hydrogen-bond acceptors (Lipinski definition) is 6. The van der Waals surface area contributed by atoms with E-state index in [4.69, 9.17) is 5.73 Å². The molecule has 1 atom stereocenters. The first-order valence-electron chi connectivity index (χ1n) is 6.43. The van der Waals surface area contributed by atoms with Crippen LogP contribution in [0.25, 0.3) is 0 Å². The molecule has 2 heterocycles. The molecule has 9 heteroatoms. The van der Waals surface area contributed by atoms with Crippen molar-refractivity contribution >= 4 is 17.8 Å². The minimum Gasteiger partial charge on any atom is -0.368 e. The number of nitrogens with zero attached hydrogens (tertiary/aromatic N) is 4. The van der Waals surface area contributed by atoms with E-state index in [2.05, 4.69) is 20.3 Å². The Bertz CT molecular complexity index is 458. The van der Waals surface area contributed by atoms with Crippen LogP contribution in [0.1, 0.15) is 26.2 Å². The molecular formula is C11H17F3N6. The van der Waals surface area contributed by atoms with E-state index in [-0.39, 0.29) is 11.9 Å². The van der Waals surface area contributed by atoms with Crippen molar-refractivity contribution < 1.29 is 13.2 Å². The van der Waals surface area contributed by atoms with E-state index in [1.165, 1.54) is 6.92 Å². The van der Waals surface area contributed by atoms with Crippen LogP contribution in [0.5, 0.6) is 0 Å². The van der Waals surface area contributed by atoms with Crippen molar-refractivity contribution in [2.75, 3.05) is 29.0 Å². The Hall–Kier alpha value is -1.80. The zero-order chi connectivity index (χ0) is 14.8. The summed E-state index contributed by atoms with van der Waals surface area (Å²) in [6, 6.07) is -0.830. The first-order chi connectivity index (χ1) is 9.33. The van der Waals surface area contributed by atoms with Crippen molar-refractivity contribution in [3.8, 4) is 0 Å². The molecule has 20 heavy (non-hydrogen) atoms. The lowest BCUT2D eigenvalue weighted by atomic mass is 10.2. The van der Waals surface area contributed by atoms with Crippen LogP contribution >= 0.6 is 0 Å². The van der Waals surface area contributed by atoms with Crippen LogP contribution in [-0.2, 0) is 0 Å². The van der Waals surface area contributed by atoms with E-state index in [9.17, 15) is 13.2 Å². The summed E-state index contributed by atoms with van der Waals surface area (Å²) in [5.74, 6) is 0.497. The molecular weight excluding hydrogens is 273 g/mol. The van der Waals surface area contributed by atoms with Gasteiger partial charge in [0.25, 0.3) is 0 Å². The summed E-state index contributed by atoms with van der Waals surface area (Å²) in [6.07, 6.45) is -3.11. The molecule has 1 aliphatic heterocycles. The molecule has 0 saturated carbocycles. The summed E-state index contributed by atoms with van der Waals surface area (Å²) >= 11 is 0. The minimum absolute atomic E-state index is 0.00334. The number of halogens is 3. The minimum atomic E-state index is -4.23. The van der Waals surface area contributed by atoms with Crippen LogP contribution in [-0.4, -0.2) is 40.3 Å². The van der Waals surface area contributed by atoms with Crippen LogP contribution < -0.4 is 16.0 Å². The summed E-state index contributed by atoms with van der Waals surface area (Å²) in [5, 5.41) is 2.61. The van der Waals surface area contributed by atoms with Crippen LogP contribution in [0.2, 0.25) is 0 Å². The van der Waals surface area contributed by atoms with Crippen LogP contribution in [0.4, 0.5) is 31.0 Å². The fourth-order valence-corrected chi connectivity index (χ4v) is 2.12. The molecule has 1 aliphatic rings. The predicted octanol–water partition coefficient (Wildman–Crippen LogP) is 1.81. The topological polar surface area (TPSA) is 80.0 Å². The Morgan fingerprint density at radius 3 is 2.50 bits per heavy atom. The Morgan fingerprint density at radius 2 is 1.90 bits per heavy atom. The molecule has 2 rings (SSSR count). The van der Waals surface area contributed by atoms with Crippen molar-refractivity contribution in [3.05, 3.63) is 0 Å². The number of nitrogens with one attached hydrogen (secondary N) is 1. The summed E-state index contributed by atoms with van der Waals surface area (Å²) in [7, 11) is 0. The third kappa shape index (κ3) is 4.10. The summed E-state index contributed by atoms with van der Waals surface area (Å²) < 4.78 is 36.9. The van der Waals surface area contributed by atoms with E-state index in [1.54, 1.807) is 0 Å². The van der Waals surface area contributed by atoms with Crippen molar-refractivity contribution in [2.24, 2.45) is 0 Å². The summed E-state index contributed by atoms with van der Waals surface area (Å²) in [5.41, 5.74) is 5.58. The van der Waals surface area contributed by atoms with E-state index >= 15 is 0 Å². The monoisotopic (exact) mass is 290 g/mol. The van der Waals surface area contributed by atoms with Crippen LogP contribution in [0.15, 0.2) is 0 Å². The molecule has 112 valence electrons. The molecule has 6 nitrogen and oxygen atoms in total. The molecule has 0 aromatic carbocycles.